The number of carbonyl (C=O) groups excluding carboxylic acids is 1. The highest BCUT2D eigenvalue weighted by Crippen LogP contribution is 2.21. The Morgan fingerprint density at radius 1 is 1.47 bits per heavy atom. The molecule has 0 aliphatic rings. The van der Waals surface area contributed by atoms with Crippen LogP contribution in [0.15, 0.2) is 18.5 Å². The van der Waals surface area contributed by atoms with Gasteiger partial charge in [-0.3, -0.25) is 4.79 Å². The fourth-order valence-electron chi connectivity index (χ4n) is 1.92. The molecular weight excluding hydrogens is 214 g/mol. The second-order valence-corrected chi connectivity index (χ2v) is 4.92. The zero-order valence-electron chi connectivity index (χ0n) is 11.4. The summed E-state index contributed by atoms with van der Waals surface area (Å²) in [4.78, 5) is 13.2. The SMILES string of the molecule is CNC(c1ccn(CC(=O)N(C)C)c1)C(C)C. The summed E-state index contributed by atoms with van der Waals surface area (Å²) in [5, 5.41) is 3.30. The predicted molar refractivity (Wildman–Crippen MR) is 69.8 cm³/mol. The first kappa shape index (κ1) is 13.8. The Labute approximate surface area is 104 Å². The highest BCUT2D eigenvalue weighted by Gasteiger charge is 2.15. The Morgan fingerprint density at radius 2 is 2.12 bits per heavy atom. The van der Waals surface area contributed by atoms with E-state index < -0.39 is 0 Å². The number of hydrogen-bond donors (Lipinski definition) is 1. The number of aromatic nitrogens is 1. The molecule has 0 aliphatic carbocycles. The molecule has 4 heteroatoms. The van der Waals surface area contributed by atoms with Crippen molar-refractivity contribution in [2.45, 2.75) is 26.4 Å². The topological polar surface area (TPSA) is 37.3 Å². The average molecular weight is 237 g/mol. The number of rotatable bonds is 5. The molecule has 1 N–H and O–H groups in total. The van der Waals surface area contributed by atoms with Crippen LogP contribution < -0.4 is 5.32 Å². The van der Waals surface area contributed by atoms with E-state index in [9.17, 15) is 4.79 Å². The Kier molecular flexibility index (Phi) is 4.75. The zero-order chi connectivity index (χ0) is 13.0. The van der Waals surface area contributed by atoms with Gasteiger partial charge >= 0.3 is 0 Å². The lowest BCUT2D eigenvalue weighted by Crippen LogP contribution is -2.26. The maximum absolute atomic E-state index is 11.6. The highest BCUT2D eigenvalue weighted by molar-refractivity contribution is 5.75. The van der Waals surface area contributed by atoms with Crippen molar-refractivity contribution in [1.29, 1.82) is 0 Å². The predicted octanol–water partition coefficient (Wildman–Crippen LogP) is 1.49. The largest absolute Gasteiger partial charge is 0.347 e. The van der Waals surface area contributed by atoms with Crippen molar-refractivity contribution in [3.63, 3.8) is 0 Å². The highest BCUT2D eigenvalue weighted by atomic mass is 16.2. The molecule has 1 amide bonds. The summed E-state index contributed by atoms with van der Waals surface area (Å²) in [5.74, 6) is 0.637. The normalized spacial score (nSPS) is 12.8. The van der Waals surface area contributed by atoms with Crippen molar-refractivity contribution in [2.24, 2.45) is 5.92 Å². The minimum absolute atomic E-state index is 0.109. The third-order valence-corrected chi connectivity index (χ3v) is 2.93. The van der Waals surface area contributed by atoms with Crippen molar-refractivity contribution < 1.29 is 4.79 Å². The Balaban J connectivity index is 2.74. The van der Waals surface area contributed by atoms with Crippen LogP contribution in [0, 0.1) is 5.92 Å². The van der Waals surface area contributed by atoms with Crippen LogP contribution >= 0.6 is 0 Å². The summed E-state index contributed by atoms with van der Waals surface area (Å²) in [5.41, 5.74) is 1.23. The Hall–Kier alpha value is -1.29. The minimum atomic E-state index is 0.109. The molecule has 0 fully saturated rings. The molecule has 0 bridgehead atoms. The summed E-state index contributed by atoms with van der Waals surface area (Å²) >= 11 is 0. The second-order valence-electron chi connectivity index (χ2n) is 4.92. The maximum Gasteiger partial charge on any atom is 0.241 e. The second kappa shape index (κ2) is 5.87. The van der Waals surface area contributed by atoms with Gasteiger partial charge in [-0.2, -0.15) is 0 Å². The van der Waals surface area contributed by atoms with E-state index in [1.807, 2.05) is 24.0 Å². The number of amides is 1. The standard InChI is InChI=1S/C13H23N3O/c1-10(2)13(14-3)11-6-7-16(8-11)9-12(17)15(4)5/h6-8,10,13-14H,9H2,1-5H3. The van der Waals surface area contributed by atoms with E-state index in [0.29, 0.717) is 18.5 Å². The van der Waals surface area contributed by atoms with Crippen LogP contribution in [0.1, 0.15) is 25.5 Å². The summed E-state index contributed by atoms with van der Waals surface area (Å²) in [6, 6.07) is 2.41. The van der Waals surface area contributed by atoms with Gasteiger partial charge in [0.2, 0.25) is 5.91 Å². The zero-order valence-corrected chi connectivity index (χ0v) is 11.4. The molecule has 1 unspecified atom stereocenters. The van der Waals surface area contributed by atoms with Crippen LogP contribution in [-0.4, -0.2) is 36.5 Å². The first-order chi connectivity index (χ1) is 7.95. The van der Waals surface area contributed by atoms with Gasteiger partial charge in [0.1, 0.15) is 6.54 Å². The van der Waals surface area contributed by atoms with E-state index in [0.717, 1.165) is 0 Å². The fourth-order valence-corrected chi connectivity index (χ4v) is 1.92. The van der Waals surface area contributed by atoms with Crippen LogP contribution in [0.25, 0.3) is 0 Å². The summed E-state index contributed by atoms with van der Waals surface area (Å²) in [6.45, 7) is 4.77. The van der Waals surface area contributed by atoms with Gasteiger partial charge in [0.15, 0.2) is 0 Å². The lowest BCUT2D eigenvalue weighted by Gasteiger charge is -2.18. The number of carbonyl (C=O) groups is 1. The summed E-state index contributed by atoms with van der Waals surface area (Å²) < 4.78 is 1.93. The molecule has 0 radical (unpaired) electrons. The van der Waals surface area contributed by atoms with Crippen LogP contribution in [0.5, 0.6) is 0 Å². The van der Waals surface area contributed by atoms with Crippen LogP contribution in [0.4, 0.5) is 0 Å². The van der Waals surface area contributed by atoms with E-state index in [4.69, 9.17) is 0 Å². The molecule has 1 aromatic rings. The molecule has 0 saturated heterocycles. The van der Waals surface area contributed by atoms with Crippen LogP contribution in [0.2, 0.25) is 0 Å². The molecular formula is C13H23N3O. The first-order valence-corrected chi connectivity index (χ1v) is 5.98. The van der Waals surface area contributed by atoms with Crippen molar-refractivity contribution >= 4 is 5.91 Å². The third kappa shape index (κ3) is 3.60. The number of hydrogen-bond acceptors (Lipinski definition) is 2. The molecule has 1 heterocycles. The molecule has 1 atom stereocenters. The van der Waals surface area contributed by atoms with Crippen molar-refractivity contribution in [2.75, 3.05) is 21.1 Å². The lowest BCUT2D eigenvalue weighted by atomic mass is 9.99. The van der Waals surface area contributed by atoms with Gasteiger partial charge in [-0.25, -0.2) is 0 Å². The molecule has 0 aromatic carbocycles. The quantitative estimate of drug-likeness (QED) is 0.842. The van der Waals surface area contributed by atoms with Gasteiger partial charge in [0.05, 0.1) is 0 Å². The Bertz CT molecular complexity index is 368. The molecule has 0 spiro atoms. The Morgan fingerprint density at radius 3 is 2.59 bits per heavy atom. The van der Waals surface area contributed by atoms with Crippen LogP contribution in [0.3, 0.4) is 0 Å². The first-order valence-electron chi connectivity index (χ1n) is 5.98. The van der Waals surface area contributed by atoms with Crippen molar-refractivity contribution in [3.8, 4) is 0 Å². The molecule has 1 aromatic heterocycles. The number of likely N-dealkylation sites (N-methyl/N-ethyl adjacent to an activating group) is 1. The van der Waals surface area contributed by atoms with Crippen molar-refractivity contribution in [1.82, 2.24) is 14.8 Å². The molecule has 17 heavy (non-hydrogen) atoms. The molecule has 4 nitrogen and oxygen atoms in total. The monoisotopic (exact) mass is 237 g/mol. The van der Waals surface area contributed by atoms with Crippen LogP contribution in [-0.2, 0) is 11.3 Å². The fraction of sp³-hybridized carbons (Fsp3) is 0.615. The van der Waals surface area contributed by atoms with Gasteiger partial charge in [-0.15, -0.1) is 0 Å². The smallest absolute Gasteiger partial charge is 0.241 e. The van der Waals surface area contributed by atoms with Gasteiger partial charge in [0.25, 0.3) is 0 Å². The van der Waals surface area contributed by atoms with Crippen molar-refractivity contribution in [3.05, 3.63) is 24.0 Å². The molecule has 0 aliphatic heterocycles. The maximum atomic E-state index is 11.6. The van der Waals surface area contributed by atoms with Gasteiger partial charge < -0.3 is 14.8 Å². The van der Waals surface area contributed by atoms with Gasteiger partial charge in [-0.1, -0.05) is 13.8 Å². The minimum Gasteiger partial charge on any atom is -0.347 e. The average Bonchev–Trinajstić information content (AvgIpc) is 2.66. The lowest BCUT2D eigenvalue weighted by molar-refractivity contribution is -0.129. The summed E-state index contributed by atoms with van der Waals surface area (Å²) in [6.07, 6.45) is 4.01. The van der Waals surface area contributed by atoms with Gasteiger partial charge in [0, 0.05) is 32.5 Å². The van der Waals surface area contributed by atoms with E-state index in [1.54, 1.807) is 19.0 Å². The van der Waals surface area contributed by atoms with E-state index in [1.165, 1.54) is 5.56 Å². The van der Waals surface area contributed by atoms with E-state index >= 15 is 0 Å². The van der Waals surface area contributed by atoms with E-state index in [2.05, 4.69) is 25.2 Å². The summed E-state index contributed by atoms with van der Waals surface area (Å²) in [7, 11) is 5.52. The molecule has 0 saturated carbocycles. The number of nitrogens with one attached hydrogen (secondary N) is 1. The van der Waals surface area contributed by atoms with Gasteiger partial charge in [-0.05, 0) is 24.6 Å². The van der Waals surface area contributed by atoms with E-state index in [-0.39, 0.29) is 5.91 Å². The molecule has 96 valence electrons. The molecule has 1 rings (SSSR count). The number of nitrogens with zero attached hydrogens (tertiary/aromatic N) is 2. The third-order valence-electron chi connectivity index (χ3n) is 2.93.